The third kappa shape index (κ3) is 6.96. The quantitative estimate of drug-likeness (QED) is 0.390. The summed E-state index contributed by atoms with van der Waals surface area (Å²) < 4.78 is 49.5. The molecular formula is C25H25F3N6O5. The monoisotopic (exact) mass is 546 g/mol. The molecule has 39 heavy (non-hydrogen) atoms. The largest absolute Gasteiger partial charge is 0.451 e. The number of nitrogens with one attached hydrogen (secondary N) is 3. The van der Waals surface area contributed by atoms with E-state index in [0.717, 1.165) is 12.3 Å². The second kappa shape index (κ2) is 12.0. The van der Waals surface area contributed by atoms with Crippen LogP contribution in [0.5, 0.6) is 0 Å². The maximum Gasteiger partial charge on any atom is 0.451 e. The molecule has 11 nitrogen and oxygen atoms in total. The summed E-state index contributed by atoms with van der Waals surface area (Å²) in [5.41, 5.74) is 0.499. The topological polar surface area (TPSA) is 148 Å². The molecular weight excluding hydrogens is 521 g/mol. The van der Waals surface area contributed by atoms with E-state index in [4.69, 9.17) is 9.15 Å². The van der Waals surface area contributed by atoms with Gasteiger partial charge >= 0.3 is 6.18 Å². The normalized spacial score (nSPS) is 14.9. The number of hydrogen-bond donors (Lipinski definition) is 3. The van der Waals surface area contributed by atoms with Crippen LogP contribution in [0.4, 0.5) is 13.2 Å². The van der Waals surface area contributed by atoms with Crippen molar-refractivity contribution in [3.63, 3.8) is 0 Å². The lowest BCUT2D eigenvalue weighted by atomic mass is 9.91. The van der Waals surface area contributed by atoms with Crippen molar-refractivity contribution >= 4 is 17.7 Å². The van der Waals surface area contributed by atoms with E-state index in [1.54, 1.807) is 18.2 Å². The van der Waals surface area contributed by atoms with Crippen LogP contribution in [-0.2, 0) is 22.3 Å². The molecule has 0 aromatic carbocycles. The highest BCUT2D eigenvalue weighted by molar-refractivity contribution is 5.96. The zero-order chi connectivity index (χ0) is 28.0. The van der Waals surface area contributed by atoms with Crippen molar-refractivity contribution in [1.29, 1.82) is 0 Å². The number of likely N-dealkylation sites (N-methyl/N-ethyl adjacent to an activating group) is 1. The van der Waals surface area contributed by atoms with E-state index in [1.165, 1.54) is 19.3 Å². The number of alkyl halides is 3. The van der Waals surface area contributed by atoms with E-state index in [0.29, 0.717) is 37.3 Å². The van der Waals surface area contributed by atoms with Gasteiger partial charge in [-0.15, -0.1) is 0 Å². The molecule has 3 aromatic rings. The van der Waals surface area contributed by atoms with Gasteiger partial charge in [-0.25, -0.2) is 9.97 Å². The van der Waals surface area contributed by atoms with Gasteiger partial charge in [0.15, 0.2) is 11.5 Å². The molecule has 4 rings (SSSR count). The molecule has 1 saturated heterocycles. The zero-order valence-corrected chi connectivity index (χ0v) is 20.7. The molecule has 206 valence electrons. The summed E-state index contributed by atoms with van der Waals surface area (Å²) in [6.07, 6.45) is -1.19. The highest BCUT2D eigenvalue weighted by atomic mass is 19.4. The van der Waals surface area contributed by atoms with Gasteiger partial charge in [0.2, 0.25) is 11.7 Å². The second-order valence-corrected chi connectivity index (χ2v) is 8.67. The van der Waals surface area contributed by atoms with Crippen LogP contribution in [0.1, 0.15) is 45.3 Å². The molecule has 0 saturated carbocycles. The van der Waals surface area contributed by atoms with E-state index in [2.05, 4.69) is 30.9 Å². The highest BCUT2D eigenvalue weighted by Crippen LogP contribution is 2.26. The number of carbonyl (C=O) groups is 3. The van der Waals surface area contributed by atoms with Gasteiger partial charge < -0.3 is 25.1 Å². The minimum atomic E-state index is -4.77. The van der Waals surface area contributed by atoms with E-state index in [9.17, 15) is 27.6 Å². The van der Waals surface area contributed by atoms with E-state index in [-0.39, 0.29) is 29.9 Å². The van der Waals surface area contributed by atoms with Gasteiger partial charge in [-0.05, 0) is 54.7 Å². The van der Waals surface area contributed by atoms with E-state index >= 15 is 0 Å². The number of halogens is 3. The Balaban J connectivity index is 1.41. The van der Waals surface area contributed by atoms with Crippen LogP contribution in [0.15, 0.2) is 47.1 Å². The van der Waals surface area contributed by atoms with Crippen molar-refractivity contribution in [3.05, 3.63) is 65.6 Å². The third-order valence-electron chi connectivity index (χ3n) is 6.05. The summed E-state index contributed by atoms with van der Waals surface area (Å²) in [4.78, 5) is 48.2. The molecule has 3 aromatic heterocycles. The van der Waals surface area contributed by atoms with Gasteiger partial charge in [-0.2, -0.15) is 13.2 Å². The van der Waals surface area contributed by atoms with Crippen LogP contribution in [0.3, 0.4) is 0 Å². The molecule has 3 N–H and O–H groups in total. The number of carbonyl (C=O) groups excluding carboxylic acids is 3. The average Bonchev–Trinajstić information content (AvgIpc) is 3.45. The van der Waals surface area contributed by atoms with Crippen LogP contribution >= 0.6 is 0 Å². The Hall–Kier alpha value is -4.33. The molecule has 1 fully saturated rings. The van der Waals surface area contributed by atoms with E-state index in [1.807, 2.05) is 0 Å². The lowest BCUT2D eigenvalue weighted by molar-refractivity contribution is -0.145. The molecule has 0 bridgehead atoms. The van der Waals surface area contributed by atoms with Gasteiger partial charge in [-0.1, -0.05) is 0 Å². The van der Waals surface area contributed by atoms with Crippen LogP contribution in [0, 0.1) is 5.92 Å². The number of furan rings is 1. The van der Waals surface area contributed by atoms with Crippen LogP contribution in [0.25, 0.3) is 11.5 Å². The van der Waals surface area contributed by atoms with Gasteiger partial charge in [0, 0.05) is 39.2 Å². The summed E-state index contributed by atoms with van der Waals surface area (Å²) in [7, 11) is 1.50. The molecule has 4 heterocycles. The average molecular weight is 547 g/mol. The summed E-state index contributed by atoms with van der Waals surface area (Å²) >= 11 is 0. The summed E-state index contributed by atoms with van der Waals surface area (Å²) in [5.74, 6) is -2.92. The number of rotatable bonds is 8. The Morgan fingerprint density at radius 3 is 2.51 bits per heavy atom. The van der Waals surface area contributed by atoms with Crippen LogP contribution < -0.4 is 16.0 Å². The van der Waals surface area contributed by atoms with Gasteiger partial charge in [0.1, 0.15) is 17.4 Å². The Morgan fingerprint density at radius 1 is 1.05 bits per heavy atom. The molecule has 3 amide bonds. The van der Waals surface area contributed by atoms with Crippen molar-refractivity contribution in [2.45, 2.75) is 31.6 Å². The molecule has 0 spiro atoms. The lowest BCUT2D eigenvalue weighted by Crippen LogP contribution is -2.51. The number of pyridine rings is 1. The van der Waals surface area contributed by atoms with Gasteiger partial charge in [0.25, 0.3) is 11.8 Å². The molecule has 1 atom stereocenters. The van der Waals surface area contributed by atoms with Crippen molar-refractivity contribution in [2.24, 2.45) is 5.92 Å². The SMILES string of the molecule is CNC(=O)[C@@H](NC(=O)c1ccc(-c2cc(CNC(=O)c3ccnc(C(F)(F)F)n3)ccn2)o1)C1CCOCC1. The van der Waals surface area contributed by atoms with Crippen LogP contribution in [0.2, 0.25) is 0 Å². The number of nitrogens with zero attached hydrogens (tertiary/aromatic N) is 3. The zero-order valence-electron chi connectivity index (χ0n) is 20.7. The molecule has 0 radical (unpaired) electrons. The Bertz CT molecular complexity index is 1340. The minimum Gasteiger partial charge on any atom is -0.449 e. The number of amides is 3. The van der Waals surface area contributed by atoms with Crippen molar-refractivity contribution < 1.29 is 36.7 Å². The second-order valence-electron chi connectivity index (χ2n) is 8.67. The van der Waals surface area contributed by atoms with Crippen molar-refractivity contribution in [1.82, 2.24) is 30.9 Å². The minimum absolute atomic E-state index is 0.0179. The Kier molecular flexibility index (Phi) is 8.54. The maximum atomic E-state index is 12.9. The first-order valence-corrected chi connectivity index (χ1v) is 12.0. The van der Waals surface area contributed by atoms with Crippen molar-refractivity contribution in [3.8, 4) is 11.5 Å². The summed E-state index contributed by atoms with van der Waals surface area (Å²) in [6.45, 7) is 0.983. The smallest absolute Gasteiger partial charge is 0.449 e. The molecule has 0 unspecified atom stereocenters. The first-order valence-electron chi connectivity index (χ1n) is 12.0. The molecule has 1 aliphatic rings. The summed E-state index contributed by atoms with van der Waals surface area (Å²) in [5, 5.41) is 7.82. The van der Waals surface area contributed by atoms with E-state index < -0.39 is 35.6 Å². The number of ether oxygens (including phenoxy) is 1. The fourth-order valence-electron chi connectivity index (χ4n) is 4.03. The third-order valence-corrected chi connectivity index (χ3v) is 6.05. The predicted octanol–water partition coefficient (Wildman–Crippen LogP) is 2.35. The van der Waals surface area contributed by atoms with Gasteiger partial charge in [-0.3, -0.25) is 19.4 Å². The lowest BCUT2D eigenvalue weighted by Gasteiger charge is -2.29. The first-order chi connectivity index (χ1) is 18.7. The fraction of sp³-hybridized carbons (Fsp3) is 0.360. The number of hydrogen-bond acceptors (Lipinski definition) is 8. The number of aromatic nitrogens is 3. The van der Waals surface area contributed by atoms with Crippen molar-refractivity contribution in [2.75, 3.05) is 20.3 Å². The Morgan fingerprint density at radius 2 is 1.79 bits per heavy atom. The molecule has 14 heteroatoms. The highest BCUT2D eigenvalue weighted by Gasteiger charge is 2.35. The van der Waals surface area contributed by atoms with Crippen LogP contribution in [-0.4, -0.2) is 59.0 Å². The standard InChI is InChI=1S/C25H25F3N6O5/c1-29-23(37)20(15-6-10-38-11-7-15)34-22(36)19-3-2-18(39-19)17-12-14(4-8-30-17)13-32-21(35)16-5-9-31-24(33-16)25(26,27)28/h2-5,8-9,12,15,20H,6-7,10-11,13H2,1H3,(H,29,37)(H,32,35)(H,34,36)/t20-/m0/s1. The fourth-order valence-corrected chi connectivity index (χ4v) is 4.03. The van der Waals surface area contributed by atoms with Gasteiger partial charge in [0.05, 0.1) is 0 Å². The molecule has 0 aliphatic carbocycles. The predicted molar refractivity (Wildman–Crippen MR) is 129 cm³/mol. The molecule has 1 aliphatic heterocycles. The first kappa shape index (κ1) is 27.7. The Labute approximate surface area is 220 Å². The maximum absolute atomic E-state index is 12.9. The summed E-state index contributed by atoms with van der Waals surface area (Å²) in [6, 6.07) is 6.53.